The van der Waals surface area contributed by atoms with Gasteiger partial charge in [-0.1, -0.05) is 17.7 Å². The zero-order valence-corrected chi connectivity index (χ0v) is 9.89. The molecule has 0 atom stereocenters. The van der Waals surface area contributed by atoms with Gasteiger partial charge < -0.3 is 5.11 Å². The highest BCUT2D eigenvalue weighted by Crippen LogP contribution is 1.92. The predicted molar refractivity (Wildman–Crippen MR) is 53.2 cm³/mol. The van der Waals surface area contributed by atoms with Crippen LogP contribution in [0, 0.1) is 0 Å². The lowest BCUT2D eigenvalue weighted by Crippen LogP contribution is -1.97. The first-order valence-electron chi connectivity index (χ1n) is 4.01. The number of aliphatic hydroxyl groups excluding tert-OH is 1. The minimum absolute atomic E-state index is 0.0622. The molecule has 10 heavy (non-hydrogen) atoms. The van der Waals surface area contributed by atoms with Gasteiger partial charge >= 0.3 is 0 Å². The van der Waals surface area contributed by atoms with Crippen LogP contribution in [0.2, 0.25) is 12.1 Å². The summed E-state index contributed by atoms with van der Waals surface area (Å²) in [6.45, 7) is 4.33. The molecule has 1 N–H and O–H groups in total. The van der Waals surface area contributed by atoms with E-state index in [1.807, 2.05) is 0 Å². The summed E-state index contributed by atoms with van der Waals surface area (Å²) in [5.74, 6) is 0. The fourth-order valence-electron chi connectivity index (χ4n) is 0.824. The van der Waals surface area contributed by atoms with Crippen molar-refractivity contribution in [3.8, 4) is 0 Å². The number of rotatable bonds is 5. The van der Waals surface area contributed by atoms with Gasteiger partial charge in [-0.25, -0.2) is 0 Å². The van der Waals surface area contributed by atoms with Crippen LogP contribution in [-0.4, -0.2) is 30.4 Å². The van der Waals surface area contributed by atoms with Crippen LogP contribution in [0.1, 0.15) is 13.8 Å². The van der Waals surface area contributed by atoms with Crippen molar-refractivity contribution < 1.29 is 5.11 Å². The molecule has 0 heterocycles. The summed E-state index contributed by atoms with van der Waals surface area (Å²) < 4.78 is 0. The van der Waals surface area contributed by atoms with Gasteiger partial charge in [0.1, 0.15) is 0 Å². The lowest BCUT2D eigenvalue weighted by Gasteiger charge is -1.92. The topological polar surface area (TPSA) is 20.2 Å². The highest BCUT2D eigenvalue weighted by atomic mass is 28.2. The highest BCUT2D eigenvalue weighted by molar-refractivity contribution is 6.45. The zero-order valence-electron chi connectivity index (χ0n) is 7.06. The Labute approximate surface area is 68.2 Å². The Morgan fingerprint density at radius 1 is 1.40 bits per heavy atom. The van der Waals surface area contributed by atoms with Crippen LogP contribution in [0.15, 0.2) is 11.3 Å². The molecule has 0 saturated heterocycles. The summed E-state index contributed by atoms with van der Waals surface area (Å²) in [7, 11) is 0.0429. The van der Waals surface area contributed by atoms with Gasteiger partial charge in [-0.05, 0) is 13.8 Å². The Kier molecular flexibility index (Phi) is 7.34. The zero-order chi connectivity index (χ0) is 7.82. The van der Waals surface area contributed by atoms with Crippen molar-refractivity contribution in [2.45, 2.75) is 25.9 Å². The van der Waals surface area contributed by atoms with Crippen LogP contribution in [0.3, 0.4) is 0 Å². The monoisotopic (exact) mass is 174 g/mol. The Morgan fingerprint density at radius 3 is 2.60 bits per heavy atom. The van der Waals surface area contributed by atoms with Crippen LogP contribution < -0.4 is 0 Å². The molecule has 60 valence electrons. The molecule has 3 heteroatoms. The Balaban J connectivity index is 2.98. The normalized spacial score (nSPS) is 11.9. The molecular formula is C7H18OSi2. The molecule has 0 radical (unpaired) electrons. The van der Waals surface area contributed by atoms with Crippen LogP contribution in [-0.2, 0) is 0 Å². The minimum Gasteiger partial charge on any atom is -0.400 e. The van der Waals surface area contributed by atoms with Crippen molar-refractivity contribution in [3.05, 3.63) is 11.3 Å². The van der Waals surface area contributed by atoms with Gasteiger partial charge in [-0.15, -0.1) is 5.70 Å². The third kappa shape index (κ3) is 8.13. The first-order valence-corrected chi connectivity index (χ1v) is 7.83. The van der Waals surface area contributed by atoms with E-state index in [-0.39, 0.29) is 19.0 Å². The number of hydrogen-bond acceptors (Lipinski definition) is 1. The lowest BCUT2D eigenvalue weighted by molar-refractivity contribution is 0.366. The Hall–Kier alpha value is 0.134. The Bertz CT molecular complexity index is 97.8. The third-order valence-electron chi connectivity index (χ3n) is 1.41. The van der Waals surface area contributed by atoms with Crippen molar-refractivity contribution in [1.82, 2.24) is 0 Å². The first-order chi connectivity index (χ1) is 4.77. The largest absolute Gasteiger partial charge is 0.400 e. The van der Waals surface area contributed by atoms with Crippen LogP contribution in [0.4, 0.5) is 0 Å². The van der Waals surface area contributed by atoms with E-state index < -0.39 is 0 Å². The van der Waals surface area contributed by atoms with E-state index in [0.717, 1.165) is 0 Å². The van der Waals surface area contributed by atoms with E-state index in [0.29, 0.717) is 6.23 Å². The molecule has 0 rings (SSSR count). The average Bonchev–Trinajstić information content (AvgIpc) is 1.87. The van der Waals surface area contributed by atoms with Crippen LogP contribution in [0.25, 0.3) is 0 Å². The standard InChI is InChI=1S/C7H18OSi2/c1-7(2)5-9-3-4-10-6-8/h5,8H,3-4,6,9-10H2,1-2H3. The van der Waals surface area contributed by atoms with E-state index in [4.69, 9.17) is 5.11 Å². The number of hydrogen-bond donors (Lipinski definition) is 1. The molecule has 0 spiro atoms. The quantitative estimate of drug-likeness (QED) is 0.461. The fourth-order valence-corrected chi connectivity index (χ4v) is 4.40. The van der Waals surface area contributed by atoms with E-state index in [1.165, 1.54) is 17.7 Å². The van der Waals surface area contributed by atoms with E-state index in [9.17, 15) is 0 Å². The summed E-state index contributed by atoms with van der Waals surface area (Å²) in [5, 5.41) is 8.54. The van der Waals surface area contributed by atoms with E-state index in [1.54, 1.807) is 0 Å². The second kappa shape index (κ2) is 7.24. The van der Waals surface area contributed by atoms with Gasteiger partial charge in [0.2, 0.25) is 0 Å². The average molecular weight is 174 g/mol. The molecule has 0 saturated carbocycles. The number of allylic oxidation sites excluding steroid dienone is 1. The molecule has 0 aromatic rings. The predicted octanol–water partition coefficient (Wildman–Crippen LogP) is 0.0341. The van der Waals surface area contributed by atoms with Gasteiger partial charge in [0.15, 0.2) is 0 Å². The van der Waals surface area contributed by atoms with Crippen molar-refractivity contribution in [2.75, 3.05) is 6.23 Å². The van der Waals surface area contributed by atoms with E-state index in [2.05, 4.69) is 19.5 Å². The maximum atomic E-state index is 8.54. The SMILES string of the molecule is CC(C)=C[SiH2]CC[SiH2]CO. The summed E-state index contributed by atoms with van der Waals surface area (Å²) in [6.07, 6.45) is 0.503. The molecular weight excluding hydrogens is 156 g/mol. The molecule has 0 aromatic heterocycles. The summed E-state index contributed by atoms with van der Waals surface area (Å²) in [5.41, 5.74) is 3.88. The summed E-state index contributed by atoms with van der Waals surface area (Å²) >= 11 is 0. The minimum atomic E-state index is -0.0622. The lowest BCUT2D eigenvalue weighted by atomic mass is 10.4. The van der Waals surface area contributed by atoms with Crippen molar-refractivity contribution in [1.29, 1.82) is 0 Å². The Morgan fingerprint density at radius 2 is 2.10 bits per heavy atom. The molecule has 0 unspecified atom stereocenters. The van der Waals surface area contributed by atoms with E-state index >= 15 is 0 Å². The first kappa shape index (κ1) is 10.1. The van der Waals surface area contributed by atoms with Crippen LogP contribution >= 0.6 is 0 Å². The molecule has 0 amide bonds. The van der Waals surface area contributed by atoms with Gasteiger partial charge in [-0.3, -0.25) is 0 Å². The molecule has 0 aliphatic rings. The van der Waals surface area contributed by atoms with Gasteiger partial charge in [0, 0.05) is 15.7 Å². The second-order valence-electron chi connectivity index (χ2n) is 2.85. The molecule has 1 nitrogen and oxygen atoms in total. The smallest absolute Gasteiger partial charge is 0.0509 e. The summed E-state index contributed by atoms with van der Waals surface area (Å²) in [6, 6.07) is 2.77. The number of aliphatic hydroxyl groups is 1. The maximum absolute atomic E-state index is 8.54. The van der Waals surface area contributed by atoms with Gasteiger partial charge in [0.25, 0.3) is 0 Å². The van der Waals surface area contributed by atoms with Crippen molar-refractivity contribution in [3.63, 3.8) is 0 Å². The second-order valence-corrected chi connectivity index (χ2v) is 6.41. The highest BCUT2D eigenvalue weighted by Gasteiger charge is 1.86. The molecule has 0 aromatic carbocycles. The summed E-state index contributed by atoms with van der Waals surface area (Å²) in [4.78, 5) is 0. The molecule has 0 aliphatic carbocycles. The molecule has 0 bridgehead atoms. The van der Waals surface area contributed by atoms with Gasteiger partial charge in [0.05, 0.1) is 9.52 Å². The van der Waals surface area contributed by atoms with Crippen LogP contribution in [0.5, 0.6) is 0 Å². The van der Waals surface area contributed by atoms with Gasteiger partial charge in [-0.2, -0.15) is 0 Å². The van der Waals surface area contributed by atoms with Crippen molar-refractivity contribution >= 4 is 19.0 Å². The molecule has 0 aliphatic heterocycles. The fraction of sp³-hybridized carbons (Fsp3) is 0.714. The molecule has 0 fully saturated rings. The maximum Gasteiger partial charge on any atom is 0.0509 e. The van der Waals surface area contributed by atoms with Crippen molar-refractivity contribution in [2.24, 2.45) is 0 Å². The third-order valence-corrected chi connectivity index (χ3v) is 5.74.